The summed E-state index contributed by atoms with van der Waals surface area (Å²) in [6.07, 6.45) is 2.35. The van der Waals surface area contributed by atoms with Gasteiger partial charge in [-0.05, 0) is 37.1 Å². The monoisotopic (exact) mass is 396 g/mol. The molecule has 2 aromatic carbocycles. The highest BCUT2D eigenvalue weighted by molar-refractivity contribution is 8.31. The molecule has 6 nitrogen and oxygen atoms in total. The summed E-state index contributed by atoms with van der Waals surface area (Å²) in [5, 5.41) is -0.696. The second kappa shape index (κ2) is 6.53. The smallest absolute Gasteiger partial charge is 0.147 e. The van der Waals surface area contributed by atoms with Crippen LogP contribution in [0.1, 0.15) is 25.7 Å². The summed E-state index contributed by atoms with van der Waals surface area (Å²) in [4.78, 5) is 13.7. The molecule has 26 heavy (non-hydrogen) atoms. The van der Waals surface area contributed by atoms with E-state index in [4.69, 9.17) is 8.47 Å². The Hall–Kier alpha value is -1.61. The van der Waals surface area contributed by atoms with E-state index >= 15 is 0 Å². The molecule has 4 rings (SSSR count). The predicted octanol–water partition coefficient (Wildman–Crippen LogP) is 1.36. The molecule has 8 heteroatoms. The van der Waals surface area contributed by atoms with Gasteiger partial charge in [0.25, 0.3) is 0 Å². The third-order valence-electron chi connectivity index (χ3n) is 4.65. The summed E-state index contributed by atoms with van der Waals surface area (Å²) in [6, 6.07) is 13.7. The van der Waals surface area contributed by atoms with E-state index < -0.39 is 25.8 Å². The highest BCUT2D eigenvalue weighted by atomic mass is 35.7. The zero-order valence-electron chi connectivity index (χ0n) is 13.8. The molecule has 0 radical (unpaired) electrons. The molecule has 0 spiro atoms. The minimum Gasteiger partial charge on any atom is -0.455 e. The number of benzene rings is 2. The van der Waals surface area contributed by atoms with E-state index in [1.54, 1.807) is 48.5 Å². The molecule has 1 heterocycles. The van der Waals surface area contributed by atoms with Crippen molar-refractivity contribution < 1.29 is 37.5 Å². The second-order valence-corrected chi connectivity index (χ2v) is 10.1. The number of carbonyl (C=O) groups excluding carboxylic acids is 1. The molecule has 0 bridgehead atoms. The summed E-state index contributed by atoms with van der Waals surface area (Å²) < 4.78 is 46.4. The average molecular weight is 397 g/mol. The van der Waals surface area contributed by atoms with Crippen LogP contribution in [0.25, 0.3) is 0 Å². The van der Waals surface area contributed by atoms with Crippen molar-refractivity contribution in [1.82, 2.24) is 0 Å². The lowest BCUT2D eigenvalue weighted by Gasteiger charge is -2.43. The number of para-hydroxylation sites is 2. The van der Waals surface area contributed by atoms with E-state index in [1.165, 1.54) is 0 Å². The summed E-state index contributed by atoms with van der Waals surface area (Å²) >= 11 is 0. The van der Waals surface area contributed by atoms with E-state index in [-0.39, 0.29) is 5.78 Å². The van der Waals surface area contributed by atoms with Crippen molar-refractivity contribution in [3.8, 4) is 11.5 Å². The van der Waals surface area contributed by atoms with Crippen LogP contribution in [0.3, 0.4) is 0 Å². The van der Waals surface area contributed by atoms with Crippen LogP contribution in [0.4, 0.5) is 0 Å². The van der Waals surface area contributed by atoms with Crippen LogP contribution in [0.2, 0.25) is 0 Å². The van der Waals surface area contributed by atoms with E-state index in [1.807, 2.05) is 0 Å². The Balaban J connectivity index is 2.02. The molecule has 1 unspecified atom stereocenters. The van der Waals surface area contributed by atoms with Crippen LogP contribution in [0.15, 0.2) is 58.3 Å². The zero-order valence-corrected chi connectivity index (χ0v) is 15.3. The predicted molar refractivity (Wildman–Crippen MR) is 85.4 cm³/mol. The second-order valence-electron chi connectivity index (χ2n) is 6.24. The molecular weight excluding hydrogens is 380 g/mol. The van der Waals surface area contributed by atoms with Gasteiger partial charge in [0.2, 0.25) is 0 Å². The summed E-state index contributed by atoms with van der Waals surface area (Å²) in [5.74, 6) is 0.758. The van der Waals surface area contributed by atoms with E-state index in [0.717, 1.165) is 12.8 Å². The van der Waals surface area contributed by atoms with Gasteiger partial charge in [0.15, 0.2) is 0 Å². The SMILES string of the molecule is O=C1CCCCC1S1(O[Cl+3]([O-])([O-])[O-])c2ccccc2Oc2ccccc21. The standard InChI is InChI=1S/C18H17ClO6S/c20-13-7-1-4-10-16(13)26(25-19(21,22)23)17-11-5-2-8-14(17)24-15-9-3-6-12-18(15)26/h2-3,5-6,8-9,11-12,16H,1,4,7,10H2. The lowest BCUT2D eigenvalue weighted by atomic mass is 9.99. The first-order chi connectivity index (χ1) is 12.4. The average Bonchev–Trinajstić information content (AvgIpc) is 2.61. The number of halogens is 1. The number of Topliss-reactive ketones (excluding diaryl/α,β-unsaturated/α-hetero) is 1. The minimum atomic E-state index is -4.75. The molecule has 138 valence electrons. The van der Waals surface area contributed by atoms with Crippen LogP contribution in [0, 0.1) is 10.2 Å². The fraction of sp³-hybridized carbons (Fsp3) is 0.278. The van der Waals surface area contributed by atoms with Crippen LogP contribution in [0.5, 0.6) is 11.5 Å². The Morgan fingerprint density at radius 3 is 2.08 bits per heavy atom. The summed E-state index contributed by atoms with van der Waals surface area (Å²) in [5.41, 5.74) is 0. The molecule has 1 fully saturated rings. The van der Waals surface area contributed by atoms with Crippen molar-refractivity contribution in [1.29, 1.82) is 0 Å². The Morgan fingerprint density at radius 1 is 0.962 bits per heavy atom. The normalized spacial score (nSPS) is 22.7. The van der Waals surface area contributed by atoms with Gasteiger partial charge in [-0.25, -0.2) is 0 Å². The van der Waals surface area contributed by atoms with Crippen molar-refractivity contribution in [2.75, 3.05) is 0 Å². The van der Waals surface area contributed by atoms with Gasteiger partial charge in [-0.3, -0.25) is 4.79 Å². The number of ketones is 1. The maximum absolute atomic E-state index is 12.8. The van der Waals surface area contributed by atoms with Gasteiger partial charge < -0.3 is 4.74 Å². The lowest BCUT2D eigenvalue weighted by molar-refractivity contribution is -1.91. The van der Waals surface area contributed by atoms with Gasteiger partial charge in [0.05, 0.1) is 35.6 Å². The first-order valence-electron chi connectivity index (χ1n) is 8.25. The Kier molecular flexibility index (Phi) is 4.46. The van der Waals surface area contributed by atoms with E-state index in [0.29, 0.717) is 34.1 Å². The molecule has 1 aliphatic carbocycles. The third kappa shape index (κ3) is 2.90. The number of carbonyl (C=O) groups is 1. The molecule has 1 aliphatic heterocycles. The summed E-state index contributed by atoms with van der Waals surface area (Å²) in [6.45, 7) is 0. The Morgan fingerprint density at radius 2 is 1.54 bits per heavy atom. The van der Waals surface area contributed by atoms with Crippen molar-refractivity contribution in [2.24, 2.45) is 0 Å². The number of ether oxygens (including phenoxy) is 1. The molecule has 2 aromatic rings. The van der Waals surface area contributed by atoms with Gasteiger partial charge in [-0.1, -0.05) is 30.7 Å². The van der Waals surface area contributed by atoms with Crippen LogP contribution in [-0.4, -0.2) is 11.0 Å². The fourth-order valence-corrected chi connectivity index (χ4v) is 8.73. The third-order valence-corrected chi connectivity index (χ3v) is 9.34. The number of rotatable bonds is 3. The van der Waals surface area contributed by atoms with Gasteiger partial charge in [-0.2, -0.15) is 14.0 Å². The number of hydrogen-bond donors (Lipinski definition) is 0. The fourth-order valence-electron chi connectivity index (χ4n) is 3.65. The zero-order chi connectivity index (χ0) is 18.4. The summed E-state index contributed by atoms with van der Waals surface area (Å²) in [7, 11) is -7.66. The largest absolute Gasteiger partial charge is 0.455 e. The highest BCUT2D eigenvalue weighted by Gasteiger charge is 2.57. The van der Waals surface area contributed by atoms with Crippen molar-refractivity contribution >= 4 is 16.1 Å². The first-order valence-corrected chi connectivity index (χ1v) is 11.1. The van der Waals surface area contributed by atoms with Crippen molar-refractivity contribution in [3.63, 3.8) is 0 Å². The maximum atomic E-state index is 12.8. The van der Waals surface area contributed by atoms with Gasteiger partial charge >= 0.3 is 0 Å². The molecular formula is C18H17ClO6S. The van der Waals surface area contributed by atoms with Crippen molar-refractivity contribution in [2.45, 2.75) is 40.7 Å². The van der Waals surface area contributed by atoms with Gasteiger partial charge in [0, 0.05) is 6.42 Å². The van der Waals surface area contributed by atoms with Crippen LogP contribution < -0.4 is 18.7 Å². The van der Waals surface area contributed by atoms with Crippen LogP contribution >= 0.6 is 10.3 Å². The number of hydrogen-bond acceptors (Lipinski definition) is 6. The molecule has 1 saturated carbocycles. The van der Waals surface area contributed by atoms with Crippen molar-refractivity contribution in [3.05, 3.63) is 48.5 Å². The molecule has 2 aliphatic rings. The molecule has 0 saturated heterocycles. The molecule has 1 atom stereocenters. The maximum Gasteiger partial charge on any atom is 0.147 e. The Bertz CT molecular complexity index is 804. The van der Waals surface area contributed by atoms with E-state index in [2.05, 4.69) is 0 Å². The quantitative estimate of drug-likeness (QED) is 0.775. The lowest BCUT2D eigenvalue weighted by Crippen LogP contribution is -2.62. The Labute approximate surface area is 154 Å². The van der Waals surface area contributed by atoms with Crippen LogP contribution in [-0.2, 0) is 8.53 Å². The first kappa shape index (κ1) is 17.8. The topological polar surface area (TPSA) is 105 Å². The van der Waals surface area contributed by atoms with E-state index in [9.17, 15) is 18.8 Å². The highest BCUT2D eigenvalue weighted by Crippen LogP contribution is 2.75. The van der Waals surface area contributed by atoms with Gasteiger partial charge in [0.1, 0.15) is 21.0 Å². The molecule has 0 aromatic heterocycles. The minimum absolute atomic E-state index is 0.0726. The molecule has 0 N–H and O–H groups in total. The number of fused-ring (bicyclic) bond motifs is 2. The van der Waals surface area contributed by atoms with Gasteiger partial charge in [-0.15, -0.1) is 0 Å². The molecule has 0 amide bonds.